The van der Waals surface area contributed by atoms with Gasteiger partial charge in [-0.2, -0.15) is 0 Å². The largest absolute Gasteiger partial charge is 0.292 e. The average molecular weight is 346 g/mol. The highest BCUT2D eigenvalue weighted by atomic mass is 79.9. The van der Waals surface area contributed by atoms with Gasteiger partial charge in [0.2, 0.25) is 5.28 Å². The zero-order valence-corrected chi connectivity index (χ0v) is 12.1. The standard InChI is InChI=1S/C12H7BrCl2N2O/c13-10(9-4-5-16-12(15)17-9)11(18)7-2-1-3-8(14)6-7/h1-6,10H. The fourth-order valence-electron chi connectivity index (χ4n) is 1.41. The smallest absolute Gasteiger partial charge is 0.222 e. The molecule has 92 valence electrons. The number of carbonyl (C=O) groups excluding carboxylic acids is 1. The summed E-state index contributed by atoms with van der Waals surface area (Å²) < 4.78 is 0. The predicted octanol–water partition coefficient (Wildman–Crippen LogP) is 4.10. The van der Waals surface area contributed by atoms with E-state index < -0.39 is 4.83 Å². The van der Waals surface area contributed by atoms with Gasteiger partial charge in [0.25, 0.3) is 0 Å². The number of rotatable bonds is 3. The van der Waals surface area contributed by atoms with Crippen molar-refractivity contribution in [3.63, 3.8) is 0 Å². The van der Waals surface area contributed by atoms with Crippen LogP contribution in [0.4, 0.5) is 0 Å². The molecule has 0 aliphatic rings. The molecule has 0 aliphatic heterocycles. The Morgan fingerprint density at radius 2 is 2.06 bits per heavy atom. The quantitative estimate of drug-likeness (QED) is 0.477. The Balaban J connectivity index is 2.29. The Labute approximate surface area is 122 Å². The summed E-state index contributed by atoms with van der Waals surface area (Å²) in [6.45, 7) is 0. The van der Waals surface area contributed by atoms with Crippen molar-refractivity contribution in [1.82, 2.24) is 9.97 Å². The van der Waals surface area contributed by atoms with E-state index in [1.807, 2.05) is 0 Å². The molecule has 18 heavy (non-hydrogen) atoms. The van der Waals surface area contributed by atoms with Crippen LogP contribution < -0.4 is 0 Å². The number of hydrogen-bond acceptors (Lipinski definition) is 3. The number of aromatic nitrogens is 2. The molecule has 1 atom stereocenters. The summed E-state index contributed by atoms with van der Waals surface area (Å²) >= 11 is 14.8. The Morgan fingerprint density at radius 3 is 2.72 bits per heavy atom. The molecule has 0 saturated heterocycles. The van der Waals surface area contributed by atoms with Gasteiger partial charge >= 0.3 is 0 Å². The van der Waals surface area contributed by atoms with Crippen LogP contribution in [0.25, 0.3) is 0 Å². The summed E-state index contributed by atoms with van der Waals surface area (Å²) in [5.74, 6) is -0.132. The topological polar surface area (TPSA) is 42.9 Å². The summed E-state index contributed by atoms with van der Waals surface area (Å²) in [5, 5.41) is 0.622. The number of ketones is 1. The molecule has 1 aromatic heterocycles. The van der Waals surface area contributed by atoms with E-state index in [9.17, 15) is 4.79 Å². The van der Waals surface area contributed by atoms with Gasteiger partial charge in [-0.1, -0.05) is 39.7 Å². The minimum atomic E-state index is -0.573. The molecule has 0 bridgehead atoms. The van der Waals surface area contributed by atoms with Crippen LogP contribution in [-0.2, 0) is 0 Å². The molecule has 0 spiro atoms. The maximum absolute atomic E-state index is 12.2. The third kappa shape index (κ3) is 3.07. The summed E-state index contributed by atoms with van der Waals surface area (Å²) in [4.78, 5) is 19.4. The summed E-state index contributed by atoms with van der Waals surface area (Å²) in [5.41, 5.74) is 1.03. The van der Waals surface area contributed by atoms with Crippen molar-refractivity contribution in [3.8, 4) is 0 Å². The van der Waals surface area contributed by atoms with Crippen LogP contribution >= 0.6 is 39.1 Å². The highest BCUT2D eigenvalue weighted by Crippen LogP contribution is 2.26. The molecule has 0 amide bonds. The van der Waals surface area contributed by atoms with E-state index >= 15 is 0 Å². The number of alkyl halides is 1. The Hall–Kier alpha value is -0.970. The second kappa shape index (κ2) is 5.78. The second-order valence-corrected chi connectivity index (χ2v) is 5.18. The molecule has 1 aromatic carbocycles. The fourth-order valence-corrected chi connectivity index (χ4v) is 2.27. The number of hydrogen-bond donors (Lipinski definition) is 0. The minimum absolute atomic E-state index is 0.107. The van der Waals surface area contributed by atoms with Gasteiger partial charge in [-0.25, -0.2) is 9.97 Å². The van der Waals surface area contributed by atoms with E-state index in [2.05, 4.69) is 25.9 Å². The summed E-state index contributed by atoms with van der Waals surface area (Å²) in [7, 11) is 0. The molecule has 1 unspecified atom stereocenters. The Morgan fingerprint density at radius 1 is 1.28 bits per heavy atom. The maximum atomic E-state index is 12.2. The lowest BCUT2D eigenvalue weighted by atomic mass is 10.1. The van der Waals surface area contributed by atoms with Crippen molar-refractivity contribution >= 4 is 44.9 Å². The lowest BCUT2D eigenvalue weighted by molar-refractivity contribution is 0.0990. The van der Waals surface area contributed by atoms with Crippen molar-refractivity contribution in [1.29, 1.82) is 0 Å². The molecule has 2 aromatic rings. The van der Waals surface area contributed by atoms with E-state index in [1.165, 1.54) is 6.20 Å². The number of carbonyl (C=O) groups is 1. The van der Waals surface area contributed by atoms with Gasteiger partial charge in [0.15, 0.2) is 5.78 Å². The molecule has 0 saturated carbocycles. The summed E-state index contributed by atoms with van der Waals surface area (Å²) in [6.07, 6.45) is 1.50. The number of nitrogens with zero attached hydrogens (tertiary/aromatic N) is 2. The van der Waals surface area contributed by atoms with Gasteiger partial charge in [0, 0.05) is 16.8 Å². The monoisotopic (exact) mass is 344 g/mol. The predicted molar refractivity (Wildman–Crippen MR) is 74.5 cm³/mol. The van der Waals surface area contributed by atoms with Crippen molar-refractivity contribution < 1.29 is 4.79 Å². The van der Waals surface area contributed by atoms with Crippen LogP contribution in [0.2, 0.25) is 10.3 Å². The zero-order chi connectivity index (χ0) is 13.1. The van der Waals surface area contributed by atoms with Crippen LogP contribution in [0.5, 0.6) is 0 Å². The molecule has 3 nitrogen and oxygen atoms in total. The van der Waals surface area contributed by atoms with Gasteiger partial charge in [-0.3, -0.25) is 4.79 Å². The summed E-state index contributed by atoms with van der Waals surface area (Å²) in [6, 6.07) is 8.38. The van der Waals surface area contributed by atoms with Crippen LogP contribution in [0.1, 0.15) is 20.9 Å². The molecule has 1 heterocycles. The lowest BCUT2D eigenvalue weighted by Crippen LogP contribution is -2.09. The first-order chi connectivity index (χ1) is 8.58. The fraction of sp³-hybridized carbons (Fsp3) is 0.0833. The third-order valence-corrected chi connectivity index (χ3v) is 3.55. The van der Waals surface area contributed by atoms with Crippen LogP contribution in [0, 0.1) is 0 Å². The molecule has 2 rings (SSSR count). The van der Waals surface area contributed by atoms with Gasteiger partial charge in [-0.15, -0.1) is 0 Å². The van der Waals surface area contributed by atoms with Crippen molar-refractivity contribution in [2.24, 2.45) is 0 Å². The normalized spacial score (nSPS) is 12.2. The molecule has 0 aliphatic carbocycles. The lowest BCUT2D eigenvalue weighted by Gasteiger charge is -2.08. The second-order valence-electron chi connectivity index (χ2n) is 3.49. The molecule has 0 N–H and O–H groups in total. The van der Waals surface area contributed by atoms with E-state index in [-0.39, 0.29) is 11.1 Å². The first-order valence-electron chi connectivity index (χ1n) is 5.00. The zero-order valence-electron chi connectivity index (χ0n) is 8.98. The van der Waals surface area contributed by atoms with E-state index in [0.29, 0.717) is 16.3 Å². The van der Waals surface area contributed by atoms with Gasteiger partial charge in [0.1, 0.15) is 4.83 Å². The Kier molecular flexibility index (Phi) is 4.32. The average Bonchev–Trinajstić information content (AvgIpc) is 2.37. The van der Waals surface area contributed by atoms with Crippen LogP contribution in [0.15, 0.2) is 36.5 Å². The van der Waals surface area contributed by atoms with Crippen molar-refractivity contribution in [2.45, 2.75) is 4.83 Å². The molecular weight excluding hydrogens is 339 g/mol. The van der Waals surface area contributed by atoms with E-state index in [1.54, 1.807) is 30.3 Å². The molecule has 0 radical (unpaired) electrons. The minimum Gasteiger partial charge on any atom is -0.292 e. The third-order valence-electron chi connectivity index (χ3n) is 2.25. The van der Waals surface area contributed by atoms with Crippen molar-refractivity contribution in [3.05, 3.63) is 58.1 Å². The van der Waals surface area contributed by atoms with E-state index in [0.717, 1.165) is 0 Å². The van der Waals surface area contributed by atoms with Gasteiger partial charge in [-0.05, 0) is 29.8 Å². The van der Waals surface area contributed by atoms with Crippen molar-refractivity contribution in [2.75, 3.05) is 0 Å². The Bertz CT molecular complexity index is 592. The van der Waals surface area contributed by atoms with Gasteiger partial charge < -0.3 is 0 Å². The highest BCUT2D eigenvalue weighted by Gasteiger charge is 2.20. The maximum Gasteiger partial charge on any atom is 0.222 e. The van der Waals surface area contributed by atoms with Gasteiger partial charge in [0.05, 0.1) is 5.69 Å². The van der Waals surface area contributed by atoms with Crippen LogP contribution in [-0.4, -0.2) is 15.8 Å². The van der Waals surface area contributed by atoms with E-state index in [4.69, 9.17) is 23.2 Å². The number of halogens is 3. The number of Topliss-reactive ketones (excluding diaryl/α,β-unsaturated/α-hetero) is 1. The molecular formula is C12H7BrCl2N2O. The first kappa shape index (κ1) is 13.5. The molecule has 0 fully saturated rings. The number of benzene rings is 1. The molecule has 6 heteroatoms. The first-order valence-corrected chi connectivity index (χ1v) is 6.67. The SMILES string of the molecule is O=C(c1cccc(Cl)c1)C(Br)c1ccnc(Cl)n1. The van der Waals surface area contributed by atoms with Crippen LogP contribution in [0.3, 0.4) is 0 Å². The highest BCUT2D eigenvalue weighted by molar-refractivity contribution is 9.09.